The van der Waals surface area contributed by atoms with E-state index in [0.29, 0.717) is 23.4 Å². The highest BCUT2D eigenvalue weighted by Crippen LogP contribution is 2.50. The van der Waals surface area contributed by atoms with E-state index in [-0.39, 0.29) is 17.1 Å². The Kier molecular flexibility index (Phi) is 4.68. The zero-order valence-electron chi connectivity index (χ0n) is 15.7. The number of halogens is 1. The minimum absolute atomic E-state index is 0.102. The average Bonchev–Trinajstić information content (AvgIpc) is 3.15. The topological polar surface area (TPSA) is 70.1 Å². The van der Waals surface area contributed by atoms with Crippen molar-refractivity contribution in [1.29, 1.82) is 5.26 Å². The van der Waals surface area contributed by atoms with E-state index in [1.165, 1.54) is 0 Å². The Hall–Kier alpha value is -2.36. The van der Waals surface area contributed by atoms with Gasteiger partial charge in [-0.15, -0.1) is 0 Å². The molecule has 28 heavy (non-hydrogen) atoms. The van der Waals surface area contributed by atoms with Gasteiger partial charge in [-0.1, -0.05) is 29.8 Å². The molecule has 2 aromatic rings. The van der Waals surface area contributed by atoms with E-state index in [1.54, 1.807) is 11.3 Å². The number of carbonyl (C=O) groups is 1. The van der Waals surface area contributed by atoms with Crippen LogP contribution in [0.4, 0.5) is 5.69 Å². The molecular weight excluding hydrogens is 434 g/mol. The summed E-state index contributed by atoms with van der Waals surface area (Å²) in [6, 6.07) is 12.1. The van der Waals surface area contributed by atoms with Crippen molar-refractivity contribution in [2.24, 2.45) is 11.1 Å². The third-order valence-electron chi connectivity index (χ3n) is 5.34. The molecule has 0 radical (unpaired) electrons. The highest BCUT2D eigenvalue weighted by Gasteiger charge is 2.44. The Labute approximate surface area is 177 Å². The fraction of sp³-hybridized carbons (Fsp3) is 0.273. The molecule has 142 valence electrons. The molecule has 0 unspecified atom stereocenters. The number of anilines is 1. The lowest BCUT2D eigenvalue weighted by Crippen LogP contribution is -2.42. The molecule has 1 aromatic carbocycles. The molecule has 6 heteroatoms. The van der Waals surface area contributed by atoms with Gasteiger partial charge in [-0.3, -0.25) is 9.69 Å². The number of hydrogen-bond acceptors (Lipinski definition) is 5. The number of thiophene rings is 1. The predicted octanol–water partition coefficient (Wildman–Crippen LogP) is 5.45. The van der Waals surface area contributed by atoms with Crippen molar-refractivity contribution < 1.29 is 4.79 Å². The van der Waals surface area contributed by atoms with E-state index < -0.39 is 0 Å². The zero-order chi connectivity index (χ0) is 20.1. The van der Waals surface area contributed by atoms with E-state index in [4.69, 9.17) is 5.73 Å². The Morgan fingerprint density at radius 2 is 1.96 bits per heavy atom. The number of nitrogens with zero attached hydrogens (tertiary/aromatic N) is 2. The Balaban J connectivity index is 1.99. The van der Waals surface area contributed by atoms with Crippen LogP contribution in [0.5, 0.6) is 0 Å². The number of carbonyl (C=O) groups excluding carboxylic acids is 1. The van der Waals surface area contributed by atoms with Gasteiger partial charge in [-0.2, -0.15) is 16.6 Å². The van der Waals surface area contributed by atoms with Crippen LogP contribution >= 0.6 is 27.3 Å². The van der Waals surface area contributed by atoms with Gasteiger partial charge in [-0.25, -0.2) is 0 Å². The van der Waals surface area contributed by atoms with Gasteiger partial charge in [0.15, 0.2) is 5.78 Å². The number of benzene rings is 1. The van der Waals surface area contributed by atoms with Gasteiger partial charge in [-0.05, 0) is 58.5 Å². The van der Waals surface area contributed by atoms with E-state index in [1.807, 2.05) is 46.0 Å². The van der Waals surface area contributed by atoms with Gasteiger partial charge in [0.1, 0.15) is 5.82 Å². The van der Waals surface area contributed by atoms with Crippen LogP contribution in [0.3, 0.4) is 0 Å². The summed E-state index contributed by atoms with van der Waals surface area (Å²) < 4.78 is 0.960. The Morgan fingerprint density at radius 1 is 1.25 bits per heavy atom. The fourth-order valence-electron chi connectivity index (χ4n) is 4.17. The number of nitriles is 1. The van der Waals surface area contributed by atoms with Crippen LogP contribution < -0.4 is 10.6 Å². The minimum atomic E-state index is -0.387. The number of nitrogens with two attached hydrogens (primary N) is 1. The Morgan fingerprint density at radius 3 is 2.57 bits per heavy atom. The standard InChI is InChI=1S/C22H20BrN3OS/c1-22(2)9-17-20(18(27)10-22)19(13-7-8-28-12-13)16(11-24)21(25)26(17)15-5-3-14(23)4-6-15/h3-8,12,19H,9-10,25H2,1-2H3/t19-/m1/s1. The monoisotopic (exact) mass is 453 g/mol. The van der Waals surface area contributed by atoms with Gasteiger partial charge in [0.25, 0.3) is 0 Å². The lowest BCUT2D eigenvalue weighted by molar-refractivity contribution is -0.118. The molecule has 0 bridgehead atoms. The summed E-state index contributed by atoms with van der Waals surface area (Å²) in [6.07, 6.45) is 1.20. The first-order chi connectivity index (χ1) is 13.3. The van der Waals surface area contributed by atoms with Crippen molar-refractivity contribution in [2.75, 3.05) is 4.90 Å². The molecule has 1 aromatic heterocycles. The predicted molar refractivity (Wildman–Crippen MR) is 116 cm³/mol. The molecule has 2 N–H and O–H groups in total. The van der Waals surface area contributed by atoms with Crippen LogP contribution in [0.2, 0.25) is 0 Å². The fourth-order valence-corrected chi connectivity index (χ4v) is 5.12. The van der Waals surface area contributed by atoms with Gasteiger partial charge in [0.2, 0.25) is 0 Å². The maximum Gasteiger partial charge on any atom is 0.162 e. The molecule has 4 nitrogen and oxygen atoms in total. The van der Waals surface area contributed by atoms with E-state index in [0.717, 1.165) is 27.8 Å². The second-order valence-electron chi connectivity index (χ2n) is 8.01. The van der Waals surface area contributed by atoms with E-state index in [9.17, 15) is 10.1 Å². The number of Topliss-reactive ketones (excluding diaryl/α,β-unsaturated/α-hetero) is 1. The normalized spacial score (nSPS) is 21.6. The number of allylic oxidation sites excluding steroid dienone is 3. The largest absolute Gasteiger partial charge is 0.384 e. The van der Waals surface area contributed by atoms with Crippen molar-refractivity contribution in [3.05, 3.63) is 73.8 Å². The summed E-state index contributed by atoms with van der Waals surface area (Å²) in [6.45, 7) is 4.21. The third-order valence-corrected chi connectivity index (χ3v) is 6.57. The second kappa shape index (κ2) is 6.91. The maximum absolute atomic E-state index is 13.3. The molecule has 0 amide bonds. The highest BCUT2D eigenvalue weighted by molar-refractivity contribution is 9.10. The highest BCUT2D eigenvalue weighted by atomic mass is 79.9. The molecule has 2 heterocycles. The van der Waals surface area contributed by atoms with Gasteiger partial charge < -0.3 is 5.73 Å². The first kappa shape index (κ1) is 19.0. The second-order valence-corrected chi connectivity index (χ2v) is 9.71. The van der Waals surface area contributed by atoms with Gasteiger partial charge in [0, 0.05) is 27.9 Å². The molecule has 4 rings (SSSR count). The molecule has 0 saturated carbocycles. The molecule has 0 saturated heterocycles. The van der Waals surface area contributed by atoms with Crippen molar-refractivity contribution in [3.8, 4) is 6.07 Å². The molecule has 2 aliphatic rings. The maximum atomic E-state index is 13.3. The van der Waals surface area contributed by atoms with Crippen LogP contribution in [-0.2, 0) is 4.79 Å². The summed E-state index contributed by atoms with van der Waals surface area (Å²) in [5, 5.41) is 13.9. The van der Waals surface area contributed by atoms with Crippen LogP contribution in [0.25, 0.3) is 0 Å². The van der Waals surface area contributed by atoms with Gasteiger partial charge >= 0.3 is 0 Å². The summed E-state index contributed by atoms with van der Waals surface area (Å²) in [4.78, 5) is 15.2. The third kappa shape index (κ3) is 3.09. The zero-order valence-corrected chi connectivity index (χ0v) is 18.1. The van der Waals surface area contributed by atoms with Crippen LogP contribution in [0, 0.1) is 16.7 Å². The number of rotatable bonds is 2. The first-order valence-corrected chi connectivity index (χ1v) is 10.8. The van der Waals surface area contributed by atoms with Crippen molar-refractivity contribution in [3.63, 3.8) is 0 Å². The van der Waals surface area contributed by atoms with Crippen LogP contribution in [0.15, 0.2) is 68.2 Å². The van der Waals surface area contributed by atoms with E-state index in [2.05, 4.69) is 35.8 Å². The Bertz CT molecular complexity index is 1040. The van der Waals surface area contributed by atoms with Crippen molar-refractivity contribution in [1.82, 2.24) is 0 Å². The molecular formula is C22H20BrN3OS. The average molecular weight is 454 g/mol. The minimum Gasteiger partial charge on any atom is -0.384 e. The molecule has 0 spiro atoms. The van der Waals surface area contributed by atoms with Gasteiger partial charge in [0.05, 0.1) is 17.6 Å². The molecule has 1 atom stereocenters. The quantitative estimate of drug-likeness (QED) is 0.655. The first-order valence-electron chi connectivity index (χ1n) is 9.06. The number of hydrogen-bond donors (Lipinski definition) is 1. The summed E-state index contributed by atoms with van der Waals surface area (Å²) in [5.41, 5.74) is 10.3. The smallest absolute Gasteiger partial charge is 0.162 e. The van der Waals surface area contributed by atoms with Crippen LogP contribution in [0.1, 0.15) is 38.2 Å². The summed E-state index contributed by atoms with van der Waals surface area (Å²) >= 11 is 5.02. The van der Waals surface area contributed by atoms with Crippen molar-refractivity contribution >= 4 is 38.7 Å². The lowest BCUT2D eigenvalue weighted by Gasteiger charge is -2.43. The summed E-state index contributed by atoms with van der Waals surface area (Å²) in [7, 11) is 0. The summed E-state index contributed by atoms with van der Waals surface area (Å²) in [5.74, 6) is 0.122. The SMILES string of the molecule is CC1(C)CC(=O)C2=C(C1)N(c1ccc(Br)cc1)C(N)=C(C#N)[C@H]2c1ccsc1. The number of ketones is 1. The van der Waals surface area contributed by atoms with E-state index >= 15 is 0 Å². The van der Waals surface area contributed by atoms with Crippen molar-refractivity contribution in [2.45, 2.75) is 32.6 Å². The van der Waals surface area contributed by atoms with Crippen LogP contribution in [-0.4, -0.2) is 5.78 Å². The molecule has 0 fully saturated rings. The molecule has 1 aliphatic carbocycles. The lowest BCUT2D eigenvalue weighted by atomic mass is 9.69. The molecule has 1 aliphatic heterocycles.